The van der Waals surface area contributed by atoms with Crippen LogP contribution in [0.15, 0.2) is 47.0 Å². The summed E-state index contributed by atoms with van der Waals surface area (Å²) in [5.41, 5.74) is 1.59. The number of ether oxygens (including phenoxy) is 1. The highest BCUT2D eigenvalue weighted by molar-refractivity contribution is 7.20. The van der Waals surface area contributed by atoms with Gasteiger partial charge in [0, 0.05) is 30.2 Å². The van der Waals surface area contributed by atoms with Gasteiger partial charge in [-0.2, -0.15) is 4.98 Å². The van der Waals surface area contributed by atoms with Gasteiger partial charge in [-0.3, -0.25) is 4.90 Å². The summed E-state index contributed by atoms with van der Waals surface area (Å²) in [6.45, 7) is 2.14. The Morgan fingerprint density at radius 3 is 3.07 bits per heavy atom. The van der Waals surface area contributed by atoms with Gasteiger partial charge in [0.25, 0.3) is 5.19 Å². The van der Waals surface area contributed by atoms with Crippen LogP contribution in [0, 0.1) is 5.92 Å². The molecule has 2 fully saturated rings. The number of fused-ring (bicyclic) bond motifs is 4. The van der Waals surface area contributed by atoms with Crippen LogP contribution in [0.25, 0.3) is 21.3 Å². The number of pyridine rings is 1. The van der Waals surface area contributed by atoms with Crippen molar-refractivity contribution in [3.8, 4) is 10.9 Å². The molecule has 2 bridgehead atoms. The summed E-state index contributed by atoms with van der Waals surface area (Å²) in [6.07, 6.45) is 5.87. The molecule has 0 unspecified atom stereocenters. The van der Waals surface area contributed by atoms with Crippen LogP contribution in [0.1, 0.15) is 25.0 Å². The maximum Gasteiger partial charge on any atom is 0.281 e. The van der Waals surface area contributed by atoms with Gasteiger partial charge in [0.05, 0.1) is 11.2 Å². The minimum absolute atomic E-state index is 0.600. The Hall–Kier alpha value is -2.44. The summed E-state index contributed by atoms with van der Waals surface area (Å²) in [4.78, 5) is 11.3. The highest BCUT2D eigenvalue weighted by Gasteiger charge is 2.37. The fourth-order valence-corrected chi connectivity index (χ4v) is 5.32. The zero-order valence-corrected chi connectivity index (χ0v) is 15.6. The van der Waals surface area contributed by atoms with Crippen molar-refractivity contribution in [2.24, 2.45) is 5.92 Å². The molecule has 1 aliphatic heterocycles. The minimum Gasteiger partial charge on any atom is -0.460 e. The fraction of sp³-hybridized carbons (Fsp3) is 0.333. The number of thiazole rings is 1. The first kappa shape index (κ1) is 15.6. The SMILES string of the molecule is c1cnc2nc(Oc3ccc4cc(CN5C[C@H]6CC[C@@H]5C6)oc4c3)sc2c1. The van der Waals surface area contributed by atoms with Gasteiger partial charge in [0.15, 0.2) is 5.65 Å². The van der Waals surface area contributed by atoms with Gasteiger partial charge in [-0.25, -0.2) is 4.98 Å². The topological polar surface area (TPSA) is 51.4 Å². The highest BCUT2D eigenvalue weighted by Crippen LogP contribution is 2.39. The molecule has 0 radical (unpaired) electrons. The van der Waals surface area contributed by atoms with E-state index >= 15 is 0 Å². The van der Waals surface area contributed by atoms with Crippen LogP contribution >= 0.6 is 11.3 Å². The largest absolute Gasteiger partial charge is 0.460 e. The van der Waals surface area contributed by atoms with Crippen LogP contribution in [-0.2, 0) is 6.54 Å². The summed E-state index contributed by atoms with van der Waals surface area (Å²) < 4.78 is 13.1. The average molecular weight is 377 g/mol. The zero-order chi connectivity index (χ0) is 17.8. The number of likely N-dealkylation sites (tertiary alicyclic amines) is 1. The minimum atomic E-state index is 0.600. The number of rotatable bonds is 4. The molecule has 6 heteroatoms. The van der Waals surface area contributed by atoms with Gasteiger partial charge in [-0.1, -0.05) is 11.3 Å². The molecular weight excluding hydrogens is 358 g/mol. The molecule has 2 aliphatic rings. The molecule has 1 aliphatic carbocycles. The molecule has 1 saturated carbocycles. The van der Waals surface area contributed by atoms with Crippen molar-refractivity contribution in [3.05, 3.63) is 48.4 Å². The first-order valence-electron chi connectivity index (χ1n) is 9.46. The third kappa shape index (κ3) is 2.80. The summed E-state index contributed by atoms with van der Waals surface area (Å²) in [7, 11) is 0. The molecule has 0 spiro atoms. The second kappa shape index (κ2) is 6.04. The molecule has 4 heterocycles. The Bertz CT molecular complexity index is 1100. The van der Waals surface area contributed by atoms with Crippen molar-refractivity contribution >= 4 is 32.7 Å². The van der Waals surface area contributed by atoms with Gasteiger partial charge >= 0.3 is 0 Å². The second-order valence-corrected chi connectivity index (χ2v) is 8.57. The molecule has 27 heavy (non-hydrogen) atoms. The predicted octanol–water partition coefficient (Wildman–Crippen LogP) is 5.21. The molecule has 1 aromatic carbocycles. The Labute approximate surface area is 160 Å². The molecule has 4 aromatic rings. The number of hydrogen-bond donors (Lipinski definition) is 0. The number of aromatic nitrogens is 2. The van der Waals surface area contributed by atoms with Crippen molar-refractivity contribution in [2.45, 2.75) is 31.8 Å². The standard InChI is InChI=1S/C21H19N3O2S/c1-2-19-20(22-7-1)23-21(27-19)26-16-6-4-14-9-17(25-18(14)10-16)12-24-11-13-3-5-15(24)8-13/h1-2,4,6-7,9-10,13,15H,3,5,8,11-12H2/t13-,15+/m0/s1. The lowest BCUT2D eigenvalue weighted by Gasteiger charge is -2.25. The lowest BCUT2D eigenvalue weighted by Crippen LogP contribution is -2.31. The van der Waals surface area contributed by atoms with Crippen LogP contribution < -0.4 is 4.74 Å². The van der Waals surface area contributed by atoms with Gasteiger partial charge < -0.3 is 9.15 Å². The van der Waals surface area contributed by atoms with Crippen molar-refractivity contribution < 1.29 is 9.15 Å². The normalized spacial score (nSPS) is 22.2. The van der Waals surface area contributed by atoms with E-state index in [9.17, 15) is 0 Å². The Balaban J connectivity index is 1.24. The molecular formula is C21H19N3O2S. The summed E-state index contributed by atoms with van der Waals surface area (Å²) in [5.74, 6) is 2.68. The van der Waals surface area contributed by atoms with E-state index in [1.807, 2.05) is 24.3 Å². The van der Waals surface area contributed by atoms with E-state index in [1.165, 1.54) is 37.1 Å². The van der Waals surface area contributed by atoms with E-state index < -0.39 is 0 Å². The monoisotopic (exact) mass is 377 g/mol. The van der Waals surface area contributed by atoms with Gasteiger partial charge in [-0.15, -0.1) is 0 Å². The maximum absolute atomic E-state index is 6.12. The number of furan rings is 1. The molecule has 2 atom stereocenters. The quantitative estimate of drug-likeness (QED) is 0.488. The molecule has 5 nitrogen and oxygen atoms in total. The molecule has 3 aromatic heterocycles. The Morgan fingerprint density at radius 1 is 1.22 bits per heavy atom. The van der Waals surface area contributed by atoms with Crippen LogP contribution in [0.5, 0.6) is 10.9 Å². The second-order valence-electron chi connectivity index (χ2n) is 7.58. The van der Waals surface area contributed by atoms with E-state index in [4.69, 9.17) is 9.15 Å². The van der Waals surface area contributed by atoms with Gasteiger partial charge in [0.1, 0.15) is 17.1 Å². The number of nitrogens with zero attached hydrogens (tertiary/aromatic N) is 3. The lowest BCUT2D eigenvalue weighted by atomic mass is 10.1. The van der Waals surface area contributed by atoms with Crippen LogP contribution in [0.2, 0.25) is 0 Å². The predicted molar refractivity (Wildman–Crippen MR) is 105 cm³/mol. The Kier molecular flexibility index (Phi) is 3.49. The Morgan fingerprint density at radius 2 is 2.22 bits per heavy atom. The smallest absolute Gasteiger partial charge is 0.281 e. The van der Waals surface area contributed by atoms with Gasteiger partial charge in [0.2, 0.25) is 0 Å². The van der Waals surface area contributed by atoms with Crippen LogP contribution in [0.3, 0.4) is 0 Å². The van der Waals surface area contributed by atoms with Crippen molar-refractivity contribution in [3.63, 3.8) is 0 Å². The van der Waals surface area contributed by atoms with E-state index in [2.05, 4.69) is 27.0 Å². The molecule has 0 amide bonds. The maximum atomic E-state index is 6.12. The fourth-order valence-electron chi connectivity index (χ4n) is 4.52. The molecule has 136 valence electrons. The average Bonchev–Trinajstić information content (AvgIpc) is 3.43. The molecule has 0 N–H and O–H groups in total. The number of hydrogen-bond acceptors (Lipinski definition) is 6. The van der Waals surface area contributed by atoms with Crippen molar-refractivity contribution in [1.29, 1.82) is 0 Å². The third-order valence-electron chi connectivity index (χ3n) is 5.77. The molecule has 1 saturated heterocycles. The first-order chi connectivity index (χ1) is 13.3. The van der Waals surface area contributed by atoms with E-state index in [-0.39, 0.29) is 0 Å². The highest BCUT2D eigenvalue weighted by atomic mass is 32.1. The lowest BCUT2D eigenvalue weighted by molar-refractivity contribution is 0.192. The van der Waals surface area contributed by atoms with E-state index in [0.717, 1.165) is 51.3 Å². The van der Waals surface area contributed by atoms with Gasteiger partial charge in [-0.05, 0) is 55.5 Å². The summed E-state index contributed by atoms with van der Waals surface area (Å²) >= 11 is 1.50. The third-order valence-corrected chi connectivity index (χ3v) is 6.66. The van der Waals surface area contributed by atoms with Crippen molar-refractivity contribution in [1.82, 2.24) is 14.9 Å². The van der Waals surface area contributed by atoms with E-state index in [1.54, 1.807) is 6.20 Å². The summed E-state index contributed by atoms with van der Waals surface area (Å²) in [6, 6.07) is 12.8. The number of benzene rings is 1. The number of piperidine rings is 1. The summed E-state index contributed by atoms with van der Waals surface area (Å²) in [5, 5.41) is 1.72. The zero-order valence-electron chi connectivity index (χ0n) is 14.8. The first-order valence-corrected chi connectivity index (χ1v) is 10.3. The van der Waals surface area contributed by atoms with Crippen LogP contribution in [-0.4, -0.2) is 27.5 Å². The van der Waals surface area contributed by atoms with E-state index in [0.29, 0.717) is 5.19 Å². The van der Waals surface area contributed by atoms with Crippen LogP contribution in [0.4, 0.5) is 0 Å². The van der Waals surface area contributed by atoms with Crippen molar-refractivity contribution in [2.75, 3.05) is 6.54 Å². The molecule has 6 rings (SSSR count).